The highest BCUT2D eigenvalue weighted by molar-refractivity contribution is 6.10. The molecule has 52 nitrogen and oxygen atoms in total. The molecule has 5 rings (SSSR count). The number of aliphatic hydroxyl groups excluding tert-OH is 2. The van der Waals surface area contributed by atoms with Crippen LogP contribution >= 0.6 is 0 Å². The predicted molar refractivity (Wildman–Crippen MR) is 534 cm³/mol. The van der Waals surface area contributed by atoms with Gasteiger partial charge in [-0.3, -0.25) is 102 Å². The molecule has 0 saturated carbocycles. The minimum atomic E-state index is -1.74. The molecule has 808 valence electrons. The van der Waals surface area contributed by atoms with E-state index in [2.05, 4.69) is 106 Å². The van der Waals surface area contributed by atoms with Gasteiger partial charge >= 0.3 is 11.9 Å². The van der Waals surface area contributed by atoms with E-state index in [0.29, 0.717) is 80.8 Å². The third kappa shape index (κ3) is 43.9. The fourth-order valence-corrected chi connectivity index (χ4v) is 15.1. The molecule has 34 N–H and O–H groups in total. The molecule has 0 spiro atoms. The maximum Gasteiger partial charge on any atom is 0.336 e. The molecule has 1 aliphatic heterocycles. The van der Waals surface area contributed by atoms with Crippen LogP contribution in [0.15, 0.2) is 76.3 Å². The van der Waals surface area contributed by atoms with Gasteiger partial charge in [-0.2, -0.15) is 0 Å². The third-order valence-electron chi connectivity index (χ3n) is 23.1. The number of rotatable bonds is 68. The average molecular weight is 2060 g/mol. The van der Waals surface area contributed by atoms with E-state index in [4.69, 9.17) is 38.2 Å². The molecule has 2 aromatic carbocycles. The first-order chi connectivity index (χ1) is 69.7. The van der Waals surface area contributed by atoms with Gasteiger partial charge in [0, 0.05) is 106 Å². The Kier molecular flexibility index (Phi) is 52.8. The van der Waals surface area contributed by atoms with Crippen LogP contribution in [-0.4, -0.2) is 291 Å². The van der Waals surface area contributed by atoms with E-state index in [9.17, 15) is 121 Å². The number of aromatic amines is 1. The first-order valence-electron chi connectivity index (χ1n) is 48.6. The number of guanidine groups is 2. The summed E-state index contributed by atoms with van der Waals surface area (Å²) >= 11 is 0. The number of aliphatic hydroxyl groups is 2. The number of hydrogen-bond acceptors (Lipinski definition) is 28. The number of phenolic OH excluding ortho intramolecular Hbond substituents is 1. The summed E-state index contributed by atoms with van der Waals surface area (Å²) in [4.78, 5) is 274. The number of nitrogens with two attached hydrogens (primary N) is 4. The zero-order valence-electron chi connectivity index (χ0n) is 83.4. The summed E-state index contributed by atoms with van der Waals surface area (Å²) in [6, 6.07) is -5.32. The van der Waals surface area contributed by atoms with Crippen LogP contribution in [0.3, 0.4) is 0 Å². The summed E-state index contributed by atoms with van der Waals surface area (Å²) in [6.07, 6.45) is 5.17. The summed E-state index contributed by atoms with van der Waals surface area (Å²) in [7, 11) is 0. The molecule has 2 aliphatic rings. The molecule has 0 saturated heterocycles. The second kappa shape index (κ2) is 63.6. The number of benzene rings is 3. The molecule has 1 aliphatic carbocycles. The van der Waals surface area contributed by atoms with Crippen molar-refractivity contribution in [3.8, 4) is 28.2 Å². The molecular weight excluding hydrogens is 1920 g/mol. The van der Waals surface area contributed by atoms with Crippen LogP contribution in [0.1, 0.15) is 210 Å². The normalized spacial score (nSPS) is 13.6. The van der Waals surface area contributed by atoms with E-state index in [0.717, 1.165) is 6.92 Å². The quantitative estimate of drug-likeness (QED) is 0.00761. The number of imidazole rings is 1. The Morgan fingerprint density at radius 1 is 0.442 bits per heavy atom. The number of carboxylic acids is 2. The molecule has 52 heteroatoms. The number of aliphatic carboxylic acids is 1. The van der Waals surface area contributed by atoms with Crippen LogP contribution in [0.4, 0.5) is 0 Å². The number of unbranched alkanes of at least 4 members (excludes halogenated alkanes) is 6. The molecule has 0 fully saturated rings. The number of carbonyl (C=O) groups excluding carboxylic acids is 17. The van der Waals surface area contributed by atoms with Gasteiger partial charge in [-0.05, 0) is 177 Å². The molecule has 3 aromatic rings. The van der Waals surface area contributed by atoms with Crippen LogP contribution in [0.25, 0.3) is 33.4 Å². The number of nitrogens with zero attached hydrogens (tertiary/aromatic N) is 1. The molecule has 0 bridgehead atoms. The lowest BCUT2D eigenvalue weighted by Crippen LogP contribution is -2.61. The standard InChI is InChI=1S/C95H142N26O26/c1-50(2)40-68(118-90(142)69(42-56-45-102-49-109-56)119-92(144)79(51(3)4)121-88(140)67(32-33-77(130)131)115-82(134)52(5)110-85(137)65(22-18-38-106-94(98)99)114-81(133)53(6)111-91(143)71(48-123)113-76(129)46-108-54(7)124)89(141)117-66(23-19-39-107-95(100)101)86(138)116-64(21-12-14-34-96)87(139)120-70(47-122)84(136)105-36-16-8-10-24-74(127)103-35-15-9-11-25-75(128)112-63(80(97)132)20-13-17-37-104-83(135)55-26-29-59(62(41-55)93(145)146)78-60-30-27-57(125)43-72(60)147-73-44-58(126)28-31-61(73)78/h26-31,41,43-45,49-53,63-71,79,122-123,125H,8-25,32-40,42,46-48,96H2,1-7H3,(H2,97,132)(H,102,109)(H,103,127)(H,104,135)(H,105,136)(H,108,124)(H,110,137)(H,111,143)(H,112,128)(H,113,129)(H,114,133)(H,115,134)(H,116,138)(H,117,141)(H,118,142)(H,119,144)(H,120,139)(H,121,140)(H,130,131)(H,145,146)(H4,98,99,106)(H4,100,101,107)/t52-,53-,63-,64-,65-,66-,67-,68-,69-,70-,71-,79-/m0/s1. The van der Waals surface area contributed by atoms with E-state index < -0.39 is 229 Å². The smallest absolute Gasteiger partial charge is 0.336 e. The molecule has 0 radical (unpaired) electrons. The van der Waals surface area contributed by atoms with Crippen LogP contribution in [0.2, 0.25) is 0 Å². The number of aromatic hydroxyl groups is 1. The van der Waals surface area contributed by atoms with Gasteiger partial charge in [0.05, 0.1) is 37.3 Å². The highest BCUT2D eigenvalue weighted by Crippen LogP contribution is 2.42. The Balaban J connectivity index is 1.12. The fourth-order valence-electron chi connectivity index (χ4n) is 15.1. The molecule has 1 aromatic heterocycles. The molecule has 147 heavy (non-hydrogen) atoms. The van der Waals surface area contributed by atoms with Gasteiger partial charge in [0.25, 0.3) is 5.91 Å². The van der Waals surface area contributed by atoms with Gasteiger partial charge in [0.15, 0.2) is 17.3 Å². The van der Waals surface area contributed by atoms with Gasteiger partial charge in [-0.1, -0.05) is 46.6 Å². The Morgan fingerprint density at radius 2 is 0.925 bits per heavy atom. The largest absolute Gasteiger partial charge is 0.508 e. The summed E-state index contributed by atoms with van der Waals surface area (Å²) in [5.74, 6) is -18.8. The van der Waals surface area contributed by atoms with Crippen molar-refractivity contribution in [2.75, 3.05) is 59.0 Å². The SMILES string of the molecule is CC(=O)NCC(=O)N[C@@H](CO)C(=O)N[C@@H](C)C(=O)N[C@@H](CCCNC(=N)N)C(=O)N[C@@H](C)C(=O)N[C@@H](CCC(=O)O)C(=O)N[C@H](C(=O)N[C@@H](Cc1c[nH]cn1)C(=O)N[C@@H](CC(C)C)C(=O)N[C@@H](CCCNC(=N)N)C(=O)N[C@@H](CCCCN)C(=O)N[C@@H](CO)C(=O)NCCCCCC(=O)NCCCCCC(=O)N[C@@H](CCCCNC(=O)c1ccc(-c2c3ccc(=O)cc-3oc3cc(O)ccc23)c(C(=O)O)c1)C(N)=O)C(C)C. The minimum absolute atomic E-state index is 0.0138. The average Bonchev–Trinajstić information content (AvgIpc) is 0.813. The van der Waals surface area contributed by atoms with Gasteiger partial charge in [0.2, 0.25) is 94.5 Å². The van der Waals surface area contributed by atoms with Crippen LogP contribution in [-0.2, 0) is 87.9 Å². The maximum absolute atomic E-state index is 14.8. The Morgan fingerprint density at radius 3 is 1.48 bits per heavy atom. The number of H-pyrrole nitrogens is 1. The zero-order chi connectivity index (χ0) is 109. The van der Waals surface area contributed by atoms with E-state index in [1.54, 1.807) is 19.9 Å². The van der Waals surface area contributed by atoms with Crippen molar-refractivity contribution in [3.63, 3.8) is 0 Å². The highest BCUT2D eigenvalue weighted by Gasteiger charge is 2.39. The number of hydrogen-bond donors (Lipinski definition) is 30. The van der Waals surface area contributed by atoms with Gasteiger partial charge in [-0.25, -0.2) is 9.78 Å². The summed E-state index contributed by atoms with van der Waals surface area (Å²) in [5.41, 5.74) is 23.4. The van der Waals surface area contributed by atoms with Crippen molar-refractivity contribution in [3.05, 3.63) is 94.2 Å². The van der Waals surface area contributed by atoms with E-state index in [-0.39, 0.29) is 160 Å². The Labute approximate surface area is 847 Å². The molecule has 0 unspecified atom stereocenters. The number of phenols is 1. The number of primary amides is 1. The topological polar surface area (TPSA) is 853 Å². The van der Waals surface area contributed by atoms with Gasteiger partial charge < -0.3 is 154 Å². The van der Waals surface area contributed by atoms with Crippen molar-refractivity contribution in [1.29, 1.82) is 10.8 Å². The van der Waals surface area contributed by atoms with E-state index >= 15 is 0 Å². The summed E-state index contributed by atoms with van der Waals surface area (Å²) in [5, 5.41) is 112. The Hall–Kier alpha value is -15.5. The third-order valence-corrected chi connectivity index (χ3v) is 23.1. The van der Waals surface area contributed by atoms with E-state index in [1.807, 2.05) is 0 Å². The number of aromatic nitrogens is 2. The zero-order valence-corrected chi connectivity index (χ0v) is 83.4. The van der Waals surface area contributed by atoms with Crippen molar-refractivity contribution in [2.24, 2.45) is 34.8 Å². The summed E-state index contributed by atoms with van der Waals surface area (Å²) in [6.45, 7) is 8.36. The fraction of sp³-hybridized carbons (Fsp3) is 0.547. The number of aromatic carboxylic acids is 1. The lowest BCUT2D eigenvalue weighted by molar-refractivity contribution is -0.139. The molecule has 12 atom stereocenters. The minimum Gasteiger partial charge on any atom is -0.508 e. The van der Waals surface area contributed by atoms with Crippen LogP contribution in [0, 0.1) is 22.7 Å². The summed E-state index contributed by atoms with van der Waals surface area (Å²) < 4.78 is 5.89. The number of fused-ring (bicyclic) bond motifs is 2. The second-order valence-electron chi connectivity index (χ2n) is 36.0. The van der Waals surface area contributed by atoms with Crippen molar-refractivity contribution in [1.82, 2.24) is 106 Å². The number of amides is 17. The van der Waals surface area contributed by atoms with Crippen molar-refractivity contribution < 1.29 is 121 Å². The number of nitrogens with one attached hydrogen (secondary N) is 21. The molecule has 2 heterocycles. The Bertz CT molecular complexity index is 5390. The van der Waals surface area contributed by atoms with Crippen molar-refractivity contribution >= 4 is 135 Å². The lowest BCUT2D eigenvalue weighted by Gasteiger charge is -2.29. The number of carbonyl (C=O) groups is 19. The van der Waals surface area contributed by atoms with Gasteiger partial charge in [-0.15, -0.1) is 0 Å². The second-order valence-corrected chi connectivity index (χ2v) is 36.0. The maximum atomic E-state index is 14.8. The van der Waals surface area contributed by atoms with Crippen LogP contribution in [0.5, 0.6) is 5.75 Å². The first kappa shape index (κ1) is 122. The van der Waals surface area contributed by atoms with Crippen LogP contribution < -0.4 is 124 Å². The van der Waals surface area contributed by atoms with E-state index in [1.165, 1.54) is 88.8 Å². The monoisotopic (exact) mass is 2060 g/mol. The first-order valence-corrected chi connectivity index (χ1v) is 48.6. The molecular formula is C95H142N26O26. The van der Waals surface area contributed by atoms with Gasteiger partial charge in [0.1, 0.15) is 89.6 Å². The number of carboxylic acid groups (broad SMARTS) is 2. The lowest BCUT2D eigenvalue weighted by atomic mass is 9.90. The highest BCUT2D eigenvalue weighted by atomic mass is 16.4. The van der Waals surface area contributed by atoms with Crippen molar-refractivity contribution in [2.45, 2.75) is 262 Å². The predicted octanol–water partition coefficient (Wildman–Crippen LogP) is -4.13. The molecule has 17 amide bonds.